The lowest BCUT2D eigenvalue weighted by Gasteiger charge is -2.09. The summed E-state index contributed by atoms with van der Waals surface area (Å²) in [6, 6.07) is 10.8. The van der Waals surface area contributed by atoms with Crippen molar-refractivity contribution in [2.75, 3.05) is 11.1 Å². The summed E-state index contributed by atoms with van der Waals surface area (Å²) < 4.78 is 26.3. The Morgan fingerprint density at radius 3 is 2.31 bits per heavy atom. The van der Waals surface area contributed by atoms with Crippen molar-refractivity contribution in [3.05, 3.63) is 54.1 Å². The molecule has 0 saturated heterocycles. The first kappa shape index (κ1) is 10.4. The Morgan fingerprint density at radius 1 is 0.875 bits per heavy atom. The summed E-state index contributed by atoms with van der Waals surface area (Å²) >= 11 is 0. The van der Waals surface area contributed by atoms with E-state index < -0.39 is 11.6 Å². The molecule has 4 heteroatoms. The monoisotopic (exact) mass is 220 g/mol. The number of anilines is 3. The second-order valence-electron chi connectivity index (χ2n) is 3.31. The highest BCUT2D eigenvalue weighted by Gasteiger charge is 2.08. The zero-order valence-electron chi connectivity index (χ0n) is 8.37. The molecule has 0 aromatic heterocycles. The van der Waals surface area contributed by atoms with Gasteiger partial charge in [-0.1, -0.05) is 18.2 Å². The predicted octanol–water partition coefficient (Wildman–Crippen LogP) is 3.29. The van der Waals surface area contributed by atoms with Crippen molar-refractivity contribution < 1.29 is 8.78 Å². The molecule has 16 heavy (non-hydrogen) atoms. The maximum Gasteiger partial charge on any atom is 0.182 e. The average Bonchev–Trinajstić information content (AvgIpc) is 2.28. The van der Waals surface area contributed by atoms with Gasteiger partial charge in [-0.25, -0.2) is 8.78 Å². The van der Waals surface area contributed by atoms with Crippen LogP contribution in [0, 0.1) is 11.6 Å². The molecule has 3 N–H and O–H groups in total. The van der Waals surface area contributed by atoms with Crippen molar-refractivity contribution in [3.63, 3.8) is 0 Å². The van der Waals surface area contributed by atoms with Gasteiger partial charge in [0.05, 0.1) is 17.1 Å². The van der Waals surface area contributed by atoms with Crippen molar-refractivity contribution in [2.24, 2.45) is 0 Å². The van der Waals surface area contributed by atoms with Crippen molar-refractivity contribution in [2.45, 2.75) is 0 Å². The number of nitrogens with one attached hydrogen (secondary N) is 1. The van der Waals surface area contributed by atoms with Gasteiger partial charge in [0.15, 0.2) is 11.6 Å². The number of nitrogen functional groups attached to an aromatic ring is 1. The highest BCUT2D eigenvalue weighted by Crippen LogP contribution is 2.25. The van der Waals surface area contributed by atoms with Crippen LogP contribution in [-0.2, 0) is 0 Å². The highest BCUT2D eigenvalue weighted by molar-refractivity contribution is 5.72. The topological polar surface area (TPSA) is 38.0 Å². The molecule has 0 aliphatic heterocycles. The molecule has 0 radical (unpaired) electrons. The van der Waals surface area contributed by atoms with Crippen LogP contribution < -0.4 is 11.1 Å². The van der Waals surface area contributed by atoms with Gasteiger partial charge >= 0.3 is 0 Å². The number of hydrogen-bond donors (Lipinski definition) is 2. The minimum atomic E-state index is -0.911. The molecule has 2 aromatic rings. The number of hydrogen-bond acceptors (Lipinski definition) is 2. The zero-order chi connectivity index (χ0) is 11.5. The van der Waals surface area contributed by atoms with E-state index >= 15 is 0 Å². The van der Waals surface area contributed by atoms with Crippen LogP contribution in [0.15, 0.2) is 42.5 Å². The number of para-hydroxylation sites is 2. The Labute approximate surface area is 91.7 Å². The maximum atomic E-state index is 13.3. The van der Waals surface area contributed by atoms with Crippen molar-refractivity contribution in [3.8, 4) is 0 Å². The van der Waals surface area contributed by atoms with E-state index in [0.717, 1.165) is 6.07 Å². The van der Waals surface area contributed by atoms with Crippen LogP contribution in [0.2, 0.25) is 0 Å². The molecule has 2 nitrogen and oxygen atoms in total. The van der Waals surface area contributed by atoms with Crippen molar-refractivity contribution in [1.82, 2.24) is 0 Å². The Kier molecular flexibility index (Phi) is 2.72. The van der Waals surface area contributed by atoms with Gasteiger partial charge in [0.1, 0.15) is 0 Å². The van der Waals surface area contributed by atoms with E-state index in [1.165, 1.54) is 12.1 Å². The largest absolute Gasteiger partial charge is 0.397 e. The second kappa shape index (κ2) is 4.18. The fourth-order valence-electron chi connectivity index (χ4n) is 1.36. The number of nitrogens with two attached hydrogens (primary N) is 1. The Balaban J connectivity index is 2.35. The van der Waals surface area contributed by atoms with Crippen LogP contribution >= 0.6 is 0 Å². The summed E-state index contributed by atoms with van der Waals surface area (Å²) in [5.74, 6) is -1.80. The minimum Gasteiger partial charge on any atom is -0.397 e. The minimum absolute atomic E-state index is 0.0675. The van der Waals surface area contributed by atoms with E-state index in [9.17, 15) is 8.78 Å². The molecule has 0 fully saturated rings. The van der Waals surface area contributed by atoms with E-state index in [0.29, 0.717) is 11.4 Å². The Morgan fingerprint density at radius 2 is 1.56 bits per heavy atom. The molecule has 0 aliphatic rings. The van der Waals surface area contributed by atoms with Gasteiger partial charge in [0.25, 0.3) is 0 Å². The predicted molar refractivity (Wildman–Crippen MR) is 60.5 cm³/mol. The number of benzene rings is 2. The van der Waals surface area contributed by atoms with Crippen LogP contribution in [0.4, 0.5) is 25.8 Å². The molecular weight excluding hydrogens is 210 g/mol. The highest BCUT2D eigenvalue weighted by atomic mass is 19.2. The summed E-state index contributed by atoms with van der Waals surface area (Å²) in [4.78, 5) is 0. The van der Waals surface area contributed by atoms with E-state index in [1.807, 2.05) is 0 Å². The van der Waals surface area contributed by atoms with Crippen molar-refractivity contribution in [1.29, 1.82) is 0 Å². The molecule has 0 bridgehead atoms. The van der Waals surface area contributed by atoms with Gasteiger partial charge in [-0.15, -0.1) is 0 Å². The van der Waals surface area contributed by atoms with Crippen LogP contribution in [0.5, 0.6) is 0 Å². The van der Waals surface area contributed by atoms with Gasteiger partial charge in [-0.3, -0.25) is 0 Å². The van der Waals surface area contributed by atoms with Gasteiger partial charge in [-0.05, 0) is 24.3 Å². The first-order valence-corrected chi connectivity index (χ1v) is 4.74. The fourth-order valence-corrected chi connectivity index (χ4v) is 1.36. The van der Waals surface area contributed by atoms with Gasteiger partial charge in [0.2, 0.25) is 0 Å². The van der Waals surface area contributed by atoms with Gasteiger partial charge < -0.3 is 11.1 Å². The number of halogens is 2. The van der Waals surface area contributed by atoms with E-state index in [1.54, 1.807) is 24.3 Å². The summed E-state index contributed by atoms with van der Waals surface area (Å²) in [6.45, 7) is 0. The van der Waals surface area contributed by atoms with Crippen LogP contribution in [0.25, 0.3) is 0 Å². The number of rotatable bonds is 2. The molecule has 82 valence electrons. The standard InChI is InChI=1S/C12H10F2N2/c13-8-4-3-7-11(12(8)14)16-10-6-2-1-5-9(10)15/h1-7,16H,15H2. The molecular formula is C12H10F2N2. The molecule has 0 amide bonds. The Bertz CT molecular complexity index is 512. The van der Waals surface area contributed by atoms with Gasteiger partial charge in [-0.2, -0.15) is 0 Å². The van der Waals surface area contributed by atoms with Crippen molar-refractivity contribution >= 4 is 17.1 Å². The summed E-state index contributed by atoms with van der Waals surface area (Å²) in [5.41, 5.74) is 6.77. The summed E-state index contributed by atoms with van der Waals surface area (Å²) in [5, 5.41) is 2.74. The molecule has 2 aromatic carbocycles. The zero-order valence-corrected chi connectivity index (χ0v) is 8.37. The van der Waals surface area contributed by atoms with Crippen LogP contribution in [0.3, 0.4) is 0 Å². The molecule has 0 aliphatic carbocycles. The van der Waals surface area contributed by atoms with E-state index in [4.69, 9.17) is 5.73 Å². The fraction of sp³-hybridized carbons (Fsp3) is 0. The normalized spacial score (nSPS) is 10.1. The molecule has 0 spiro atoms. The lowest BCUT2D eigenvalue weighted by atomic mass is 10.2. The van der Waals surface area contributed by atoms with E-state index in [-0.39, 0.29) is 5.69 Å². The molecule has 0 heterocycles. The van der Waals surface area contributed by atoms with Gasteiger partial charge in [0, 0.05) is 0 Å². The molecule has 0 unspecified atom stereocenters. The summed E-state index contributed by atoms with van der Waals surface area (Å²) in [6.07, 6.45) is 0. The maximum absolute atomic E-state index is 13.3. The smallest absolute Gasteiger partial charge is 0.182 e. The second-order valence-corrected chi connectivity index (χ2v) is 3.31. The first-order chi connectivity index (χ1) is 7.68. The molecule has 0 saturated carbocycles. The first-order valence-electron chi connectivity index (χ1n) is 4.74. The van der Waals surface area contributed by atoms with Crippen LogP contribution in [0.1, 0.15) is 0 Å². The van der Waals surface area contributed by atoms with Crippen LogP contribution in [-0.4, -0.2) is 0 Å². The quantitative estimate of drug-likeness (QED) is 0.762. The SMILES string of the molecule is Nc1ccccc1Nc1cccc(F)c1F. The molecule has 0 atom stereocenters. The average molecular weight is 220 g/mol. The third-order valence-electron chi connectivity index (χ3n) is 2.18. The summed E-state index contributed by atoms with van der Waals surface area (Å²) in [7, 11) is 0. The third-order valence-corrected chi connectivity index (χ3v) is 2.18. The lowest BCUT2D eigenvalue weighted by Crippen LogP contribution is -1.99. The Hall–Kier alpha value is -2.10. The third kappa shape index (κ3) is 1.95. The van der Waals surface area contributed by atoms with E-state index in [2.05, 4.69) is 5.32 Å². The lowest BCUT2D eigenvalue weighted by molar-refractivity contribution is 0.512. The molecule has 2 rings (SSSR count).